The van der Waals surface area contributed by atoms with Crippen molar-refractivity contribution in [3.63, 3.8) is 0 Å². The summed E-state index contributed by atoms with van der Waals surface area (Å²) >= 11 is 0. The topological polar surface area (TPSA) is 39.0 Å². The molecule has 0 saturated heterocycles. The molecule has 5 nitrogen and oxygen atoms in total. The SMILES string of the molecule is CC(C)(C)c1cccc2nc3n(c4cccc5c4n3c3nc4cccc(C(C)(C)C)c4n53)c12. The monoisotopic (exact) mass is 433 g/mol. The van der Waals surface area contributed by atoms with E-state index in [9.17, 15) is 0 Å². The maximum atomic E-state index is 5.14. The number of para-hydroxylation sites is 3. The van der Waals surface area contributed by atoms with Crippen molar-refractivity contribution in [2.75, 3.05) is 0 Å². The van der Waals surface area contributed by atoms with Crippen LogP contribution >= 0.6 is 0 Å². The molecule has 33 heavy (non-hydrogen) atoms. The van der Waals surface area contributed by atoms with Crippen LogP contribution in [0.25, 0.3) is 50.2 Å². The first-order valence-electron chi connectivity index (χ1n) is 11.6. The lowest BCUT2D eigenvalue weighted by Gasteiger charge is -2.20. The summed E-state index contributed by atoms with van der Waals surface area (Å²) in [6, 6.07) is 19.5. The third kappa shape index (κ3) is 2.22. The predicted octanol–water partition coefficient (Wildman–Crippen LogP) is 6.73. The molecule has 0 saturated carbocycles. The van der Waals surface area contributed by atoms with E-state index in [1.54, 1.807) is 0 Å². The minimum absolute atomic E-state index is 0.0143. The van der Waals surface area contributed by atoms with Gasteiger partial charge in [0.2, 0.25) is 11.6 Å². The number of aromatic nitrogens is 5. The number of fused-ring (bicyclic) bond motifs is 10. The highest BCUT2D eigenvalue weighted by Gasteiger charge is 2.28. The minimum atomic E-state index is 0.0143. The van der Waals surface area contributed by atoms with Crippen molar-refractivity contribution in [1.82, 2.24) is 23.2 Å². The molecule has 0 aliphatic rings. The van der Waals surface area contributed by atoms with E-state index in [4.69, 9.17) is 9.97 Å². The Labute approximate surface area is 191 Å². The van der Waals surface area contributed by atoms with E-state index in [0.717, 1.165) is 22.6 Å². The van der Waals surface area contributed by atoms with Gasteiger partial charge in [-0.2, -0.15) is 0 Å². The Bertz CT molecular complexity index is 1750. The Kier molecular flexibility index (Phi) is 3.24. The second-order valence-corrected chi connectivity index (χ2v) is 11.3. The average Bonchev–Trinajstić information content (AvgIpc) is 3.45. The molecule has 3 aromatic carbocycles. The lowest BCUT2D eigenvalue weighted by Crippen LogP contribution is -2.12. The van der Waals surface area contributed by atoms with Crippen LogP contribution in [0.5, 0.6) is 0 Å². The van der Waals surface area contributed by atoms with Crippen molar-refractivity contribution in [3.8, 4) is 0 Å². The fourth-order valence-electron chi connectivity index (χ4n) is 5.59. The molecule has 4 heterocycles. The number of imidazole rings is 4. The molecule has 0 atom stereocenters. The van der Waals surface area contributed by atoms with Crippen LogP contribution in [-0.4, -0.2) is 23.2 Å². The molecule has 7 rings (SSSR count). The molecule has 4 aromatic heterocycles. The summed E-state index contributed by atoms with van der Waals surface area (Å²) in [5.74, 6) is 1.85. The Morgan fingerprint density at radius 3 is 1.36 bits per heavy atom. The maximum Gasteiger partial charge on any atom is 0.223 e. The molecule has 5 heteroatoms. The molecule has 7 aromatic rings. The quantitative estimate of drug-likeness (QED) is 0.266. The molecule has 0 unspecified atom stereocenters. The van der Waals surface area contributed by atoms with Crippen molar-refractivity contribution in [3.05, 3.63) is 65.7 Å². The normalized spacial score (nSPS) is 13.8. The maximum absolute atomic E-state index is 5.14. The first kappa shape index (κ1) is 18.9. The van der Waals surface area contributed by atoms with E-state index in [0.29, 0.717) is 0 Å². The van der Waals surface area contributed by atoms with Crippen molar-refractivity contribution in [1.29, 1.82) is 0 Å². The Morgan fingerprint density at radius 2 is 0.939 bits per heavy atom. The number of rotatable bonds is 0. The first-order valence-corrected chi connectivity index (χ1v) is 11.6. The van der Waals surface area contributed by atoms with Gasteiger partial charge in [-0.25, -0.2) is 14.4 Å². The summed E-state index contributed by atoms with van der Waals surface area (Å²) in [5.41, 5.74) is 10.6. The molecular formula is C28H27N5. The summed E-state index contributed by atoms with van der Waals surface area (Å²) < 4.78 is 6.92. The van der Waals surface area contributed by atoms with Crippen LogP contribution in [0.1, 0.15) is 52.7 Å². The van der Waals surface area contributed by atoms with Gasteiger partial charge in [-0.1, -0.05) is 71.9 Å². The van der Waals surface area contributed by atoms with Gasteiger partial charge in [0.25, 0.3) is 0 Å². The van der Waals surface area contributed by atoms with Crippen molar-refractivity contribution < 1.29 is 0 Å². The summed E-state index contributed by atoms with van der Waals surface area (Å²) in [7, 11) is 0. The van der Waals surface area contributed by atoms with E-state index in [1.165, 1.54) is 38.7 Å². The molecule has 0 bridgehead atoms. The number of benzene rings is 3. The van der Waals surface area contributed by atoms with Crippen LogP contribution in [-0.2, 0) is 10.8 Å². The Hall–Kier alpha value is -3.60. The van der Waals surface area contributed by atoms with Gasteiger partial charge in [0.1, 0.15) is 5.52 Å². The van der Waals surface area contributed by atoms with Gasteiger partial charge in [-0.15, -0.1) is 0 Å². The van der Waals surface area contributed by atoms with E-state index in [-0.39, 0.29) is 10.8 Å². The fraction of sp³-hybridized carbons (Fsp3) is 0.286. The van der Waals surface area contributed by atoms with Gasteiger partial charge in [0.05, 0.1) is 33.1 Å². The van der Waals surface area contributed by atoms with Gasteiger partial charge in [-0.3, -0.25) is 8.80 Å². The molecule has 0 spiro atoms. The second kappa shape index (κ2) is 5.66. The molecule has 164 valence electrons. The van der Waals surface area contributed by atoms with Gasteiger partial charge in [0.15, 0.2) is 0 Å². The second-order valence-electron chi connectivity index (χ2n) is 11.3. The zero-order valence-corrected chi connectivity index (χ0v) is 19.9. The number of hydrogen-bond acceptors (Lipinski definition) is 2. The van der Waals surface area contributed by atoms with Crippen LogP contribution in [0, 0.1) is 0 Å². The third-order valence-corrected chi connectivity index (χ3v) is 7.03. The summed E-state index contributed by atoms with van der Waals surface area (Å²) in [6.45, 7) is 13.6. The van der Waals surface area contributed by atoms with Crippen molar-refractivity contribution in [2.24, 2.45) is 0 Å². The van der Waals surface area contributed by atoms with Gasteiger partial charge in [0, 0.05) is 0 Å². The Morgan fingerprint density at radius 1 is 0.515 bits per heavy atom. The zero-order chi connectivity index (χ0) is 22.9. The summed E-state index contributed by atoms with van der Waals surface area (Å²) in [5, 5.41) is 0. The lowest BCUT2D eigenvalue weighted by molar-refractivity contribution is 0.594. The zero-order valence-electron chi connectivity index (χ0n) is 19.9. The van der Waals surface area contributed by atoms with E-state index in [2.05, 4.69) is 109 Å². The summed E-state index contributed by atoms with van der Waals surface area (Å²) in [4.78, 5) is 10.3. The van der Waals surface area contributed by atoms with E-state index < -0.39 is 0 Å². The minimum Gasteiger partial charge on any atom is -0.275 e. The highest BCUT2D eigenvalue weighted by atomic mass is 15.3. The van der Waals surface area contributed by atoms with Crippen LogP contribution < -0.4 is 0 Å². The molecular weight excluding hydrogens is 406 g/mol. The highest BCUT2D eigenvalue weighted by molar-refractivity contribution is 6.04. The van der Waals surface area contributed by atoms with Crippen LogP contribution in [0.4, 0.5) is 0 Å². The molecule has 0 aliphatic heterocycles. The first-order chi connectivity index (χ1) is 15.7. The van der Waals surface area contributed by atoms with Crippen molar-refractivity contribution in [2.45, 2.75) is 52.4 Å². The predicted molar refractivity (Wildman–Crippen MR) is 136 cm³/mol. The third-order valence-electron chi connectivity index (χ3n) is 7.03. The van der Waals surface area contributed by atoms with E-state index >= 15 is 0 Å². The van der Waals surface area contributed by atoms with Crippen LogP contribution in [0.3, 0.4) is 0 Å². The molecule has 0 aliphatic carbocycles. The number of hydrogen-bond donors (Lipinski definition) is 0. The van der Waals surface area contributed by atoms with Gasteiger partial charge >= 0.3 is 0 Å². The highest BCUT2D eigenvalue weighted by Crippen LogP contribution is 2.39. The average molecular weight is 434 g/mol. The largest absolute Gasteiger partial charge is 0.275 e. The van der Waals surface area contributed by atoms with Gasteiger partial charge in [-0.05, 0) is 46.2 Å². The fourth-order valence-corrected chi connectivity index (χ4v) is 5.59. The lowest BCUT2D eigenvalue weighted by atomic mass is 9.86. The smallest absolute Gasteiger partial charge is 0.223 e. The molecule has 0 amide bonds. The van der Waals surface area contributed by atoms with Crippen molar-refractivity contribution >= 4 is 50.2 Å². The molecule has 0 fully saturated rings. The van der Waals surface area contributed by atoms with Crippen LogP contribution in [0.15, 0.2) is 54.6 Å². The van der Waals surface area contributed by atoms with Crippen LogP contribution in [0.2, 0.25) is 0 Å². The van der Waals surface area contributed by atoms with Gasteiger partial charge < -0.3 is 0 Å². The van der Waals surface area contributed by atoms with E-state index in [1.807, 2.05) is 0 Å². The molecule has 0 N–H and O–H groups in total. The standard InChI is InChI=1S/C28H27N5/c1-27(2,3)16-10-7-12-18-22(16)31-20-14-9-15-21-24(20)33(25(31)29-18)26-30-19-13-8-11-17(28(4,5)6)23(19)32(21)26/h7-15H,1-6H3. The number of nitrogens with zero attached hydrogens (tertiary/aromatic N) is 5. The summed E-state index contributed by atoms with van der Waals surface area (Å²) in [6.07, 6.45) is 0. The Balaban J connectivity index is 1.78. The molecule has 0 radical (unpaired) electrons.